The lowest BCUT2D eigenvalue weighted by Crippen LogP contribution is -2.54. The number of ketones is 1. The van der Waals surface area contributed by atoms with Crippen molar-refractivity contribution in [3.8, 4) is 0 Å². The van der Waals surface area contributed by atoms with Crippen molar-refractivity contribution in [2.75, 3.05) is 5.75 Å². The Balaban J connectivity index is 3.08. The molecule has 1 rings (SSSR count). The highest BCUT2D eigenvalue weighted by molar-refractivity contribution is 8.00. The maximum absolute atomic E-state index is 12.2. The van der Waals surface area contributed by atoms with Gasteiger partial charge in [0.05, 0.1) is 4.87 Å². The number of thioether (sulfide) groups is 1. The fourth-order valence-electron chi connectivity index (χ4n) is 1.80. The fourth-order valence-corrected chi connectivity index (χ4v) is 3.01. The molecule has 5 nitrogen and oxygen atoms in total. The number of hydrogen-bond acceptors (Lipinski definition) is 4. The summed E-state index contributed by atoms with van der Waals surface area (Å²) >= 11 is 1.37. The lowest BCUT2D eigenvalue weighted by atomic mass is 9.89. The fraction of sp³-hybridized carbons (Fsp3) is 0.750. The molecule has 1 N–H and O–H groups in total. The van der Waals surface area contributed by atoms with Gasteiger partial charge in [-0.1, -0.05) is 20.8 Å². The van der Waals surface area contributed by atoms with Crippen LogP contribution in [-0.4, -0.2) is 44.3 Å². The summed E-state index contributed by atoms with van der Waals surface area (Å²) in [6, 6.07) is -0.927. The quantitative estimate of drug-likeness (QED) is 0.769. The molecule has 6 heteroatoms. The lowest BCUT2D eigenvalue weighted by molar-refractivity contribution is -0.157. The first-order chi connectivity index (χ1) is 7.98. The predicted molar refractivity (Wildman–Crippen MR) is 69.3 cm³/mol. The molecule has 0 aliphatic carbocycles. The highest BCUT2D eigenvalue weighted by Gasteiger charge is 2.49. The Morgan fingerprint density at radius 1 is 1.28 bits per heavy atom. The Bertz CT molecular complexity index is 397. The van der Waals surface area contributed by atoms with Crippen LogP contribution in [0.4, 0.5) is 0 Å². The molecular formula is C12H19NO4S. The normalized spacial score (nSPS) is 22.9. The molecule has 1 fully saturated rings. The molecular weight excluding hydrogens is 254 g/mol. The van der Waals surface area contributed by atoms with Crippen LogP contribution in [0.15, 0.2) is 0 Å². The van der Waals surface area contributed by atoms with Crippen LogP contribution in [0.3, 0.4) is 0 Å². The monoisotopic (exact) mass is 273 g/mol. The smallest absolute Gasteiger partial charge is 0.327 e. The van der Waals surface area contributed by atoms with E-state index in [2.05, 4.69) is 0 Å². The van der Waals surface area contributed by atoms with Crippen molar-refractivity contribution < 1.29 is 19.5 Å². The van der Waals surface area contributed by atoms with Gasteiger partial charge in [0.15, 0.2) is 0 Å². The minimum Gasteiger partial charge on any atom is -0.480 e. The van der Waals surface area contributed by atoms with Crippen molar-refractivity contribution in [2.24, 2.45) is 5.41 Å². The number of carboxylic acids is 1. The van der Waals surface area contributed by atoms with Crippen molar-refractivity contribution in [2.45, 2.75) is 45.5 Å². The molecule has 1 aliphatic rings. The first kappa shape index (κ1) is 15.0. The van der Waals surface area contributed by atoms with Gasteiger partial charge in [0.1, 0.15) is 6.04 Å². The minimum atomic E-state index is -1.07. The van der Waals surface area contributed by atoms with E-state index in [1.54, 1.807) is 34.6 Å². The molecule has 0 saturated carbocycles. The van der Waals surface area contributed by atoms with E-state index in [1.165, 1.54) is 16.7 Å². The average molecular weight is 273 g/mol. The van der Waals surface area contributed by atoms with Gasteiger partial charge in [-0.3, -0.25) is 9.59 Å². The second kappa shape index (κ2) is 4.57. The van der Waals surface area contributed by atoms with Crippen LogP contribution >= 0.6 is 11.8 Å². The first-order valence-corrected chi connectivity index (χ1v) is 6.72. The Kier molecular flexibility index (Phi) is 3.81. The van der Waals surface area contributed by atoms with Crippen molar-refractivity contribution in [1.29, 1.82) is 0 Å². The van der Waals surface area contributed by atoms with Crippen LogP contribution in [0.5, 0.6) is 0 Å². The standard InChI is InChI=1S/C12H19NO4S/c1-11(2,3)8(14)9(15)13-7(10(16)17)6-18-12(13,4)5/h7H,6H2,1-5H3,(H,16,17)/t7-/m0/s1. The number of carboxylic acid groups (broad SMARTS) is 1. The van der Waals surface area contributed by atoms with E-state index in [4.69, 9.17) is 5.11 Å². The molecule has 1 amide bonds. The maximum atomic E-state index is 12.2. The molecule has 102 valence electrons. The molecule has 0 spiro atoms. The molecule has 0 bridgehead atoms. The molecule has 1 heterocycles. The summed E-state index contributed by atoms with van der Waals surface area (Å²) in [5.74, 6) is -2.01. The predicted octanol–water partition coefficient (Wildman–Crippen LogP) is 1.37. The Labute approximate surface area is 111 Å². The third-order valence-corrected chi connectivity index (χ3v) is 4.25. The van der Waals surface area contributed by atoms with E-state index in [1.807, 2.05) is 0 Å². The third kappa shape index (κ3) is 2.68. The molecule has 0 aromatic rings. The minimum absolute atomic E-state index is 0.311. The van der Waals surface area contributed by atoms with E-state index < -0.39 is 34.0 Å². The summed E-state index contributed by atoms with van der Waals surface area (Å²) in [6.45, 7) is 8.47. The van der Waals surface area contributed by atoms with E-state index in [0.29, 0.717) is 5.75 Å². The van der Waals surface area contributed by atoms with Gasteiger partial charge in [0, 0.05) is 11.2 Å². The molecule has 1 atom stereocenters. The highest BCUT2D eigenvalue weighted by Crippen LogP contribution is 2.39. The molecule has 18 heavy (non-hydrogen) atoms. The first-order valence-electron chi connectivity index (χ1n) is 5.73. The number of amides is 1. The summed E-state index contributed by atoms with van der Waals surface area (Å²) in [5, 5.41) is 9.13. The largest absolute Gasteiger partial charge is 0.480 e. The Morgan fingerprint density at radius 3 is 2.17 bits per heavy atom. The summed E-state index contributed by atoms with van der Waals surface area (Å²) < 4.78 is 0. The van der Waals surface area contributed by atoms with Crippen molar-refractivity contribution >= 4 is 29.4 Å². The maximum Gasteiger partial charge on any atom is 0.327 e. The number of carbonyl (C=O) groups is 3. The number of hydrogen-bond donors (Lipinski definition) is 1. The molecule has 1 saturated heterocycles. The number of Topliss-reactive ketones (excluding diaryl/α,β-unsaturated/α-hetero) is 1. The van der Waals surface area contributed by atoms with Crippen LogP contribution in [0.2, 0.25) is 0 Å². The summed E-state index contributed by atoms with van der Waals surface area (Å²) in [7, 11) is 0. The molecule has 1 aliphatic heterocycles. The van der Waals surface area contributed by atoms with Gasteiger partial charge in [0.25, 0.3) is 5.91 Å². The topological polar surface area (TPSA) is 74.7 Å². The SMILES string of the molecule is CC(C)(C)C(=O)C(=O)N1[C@H](C(=O)O)CSC1(C)C. The zero-order valence-corrected chi connectivity index (χ0v) is 12.1. The van der Waals surface area contributed by atoms with Gasteiger partial charge in [-0.25, -0.2) is 4.79 Å². The zero-order valence-electron chi connectivity index (χ0n) is 11.3. The molecule has 0 aromatic carbocycles. The van der Waals surface area contributed by atoms with Crippen LogP contribution in [0.25, 0.3) is 0 Å². The Morgan fingerprint density at radius 2 is 1.78 bits per heavy atom. The molecule has 0 aromatic heterocycles. The third-order valence-electron chi connectivity index (χ3n) is 2.87. The van der Waals surface area contributed by atoms with Crippen molar-refractivity contribution in [1.82, 2.24) is 4.90 Å². The van der Waals surface area contributed by atoms with Gasteiger partial charge in [-0.05, 0) is 13.8 Å². The van der Waals surface area contributed by atoms with Gasteiger partial charge >= 0.3 is 5.97 Å². The van der Waals surface area contributed by atoms with Gasteiger partial charge < -0.3 is 10.0 Å². The zero-order chi connectivity index (χ0) is 14.3. The summed E-state index contributed by atoms with van der Waals surface area (Å²) in [4.78, 5) is 35.9. The van der Waals surface area contributed by atoms with Crippen LogP contribution in [-0.2, 0) is 14.4 Å². The van der Waals surface area contributed by atoms with Crippen LogP contribution in [0, 0.1) is 5.41 Å². The summed E-state index contributed by atoms with van der Waals surface area (Å²) in [6.07, 6.45) is 0. The number of carbonyl (C=O) groups excluding carboxylic acids is 2. The number of nitrogens with zero attached hydrogens (tertiary/aromatic N) is 1. The number of rotatable bonds is 2. The Hall–Kier alpha value is -1.04. The lowest BCUT2D eigenvalue weighted by Gasteiger charge is -2.34. The van der Waals surface area contributed by atoms with Gasteiger partial charge in [-0.2, -0.15) is 0 Å². The van der Waals surface area contributed by atoms with Crippen LogP contribution < -0.4 is 0 Å². The molecule has 0 radical (unpaired) electrons. The van der Waals surface area contributed by atoms with E-state index >= 15 is 0 Å². The van der Waals surface area contributed by atoms with Gasteiger partial charge in [-0.15, -0.1) is 11.8 Å². The van der Waals surface area contributed by atoms with Gasteiger partial charge in [0.2, 0.25) is 5.78 Å². The summed E-state index contributed by atoms with van der Waals surface area (Å²) in [5.41, 5.74) is -0.802. The van der Waals surface area contributed by atoms with E-state index in [-0.39, 0.29) is 0 Å². The average Bonchev–Trinajstić information content (AvgIpc) is 2.50. The second-order valence-corrected chi connectivity index (χ2v) is 7.49. The second-order valence-electron chi connectivity index (χ2n) is 5.87. The van der Waals surface area contributed by atoms with Crippen molar-refractivity contribution in [3.05, 3.63) is 0 Å². The van der Waals surface area contributed by atoms with E-state index in [9.17, 15) is 14.4 Å². The van der Waals surface area contributed by atoms with Crippen LogP contribution in [0.1, 0.15) is 34.6 Å². The van der Waals surface area contributed by atoms with Crippen molar-refractivity contribution in [3.63, 3.8) is 0 Å². The number of aliphatic carboxylic acids is 1. The molecule has 0 unspecified atom stereocenters. The van der Waals surface area contributed by atoms with E-state index in [0.717, 1.165) is 0 Å². The highest BCUT2D eigenvalue weighted by atomic mass is 32.2.